The number of amides is 2. The lowest BCUT2D eigenvalue weighted by Crippen LogP contribution is -2.35. The number of allylic oxidation sites excluding steroid dienone is 2. The molecule has 1 aliphatic carbocycles. The van der Waals surface area contributed by atoms with Crippen LogP contribution in [0.15, 0.2) is 18.2 Å². The van der Waals surface area contributed by atoms with E-state index in [4.69, 9.17) is 0 Å². The Morgan fingerprint density at radius 3 is 2.64 bits per heavy atom. The van der Waals surface area contributed by atoms with E-state index in [0.29, 0.717) is 12.5 Å². The molecule has 0 spiro atoms. The van der Waals surface area contributed by atoms with Crippen molar-refractivity contribution in [2.24, 2.45) is 5.92 Å². The lowest BCUT2D eigenvalue weighted by molar-refractivity contribution is -0.137. The van der Waals surface area contributed by atoms with E-state index in [1.54, 1.807) is 0 Å². The summed E-state index contributed by atoms with van der Waals surface area (Å²) in [5, 5.41) is 0. The van der Waals surface area contributed by atoms with Crippen LogP contribution < -0.4 is 0 Å². The minimum atomic E-state index is -0.173. The molecule has 14 heavy (non-hydrogen) atoms. The number of hydrogen-bond donors (Lipinski definition) is 0. The summed E-state index contributed by atoms with van der Waals surface area (Å²) < 4.78 is 0. The van der Waals surface area contributed by atoms with E-state index >= 15 is 0 Å². The zero-order valence-electron chi connectivity index (χ0n) is 7.90. The fraction of sp³-hybridized carbons (Fsp3) is 0.455. The van der Waals surface area contributed by atoms with Gasteiger partial charge in [-0.1, -0.05) is 6.08 Å². The largest absolute Gasteiger partial charge is 0.275 e. The Hall–Kier alpha value is -1.38. The van der Waals surface area contributed by atoms with E-state index in [-0.39, 0.29) is 11.8 Å². The quantitative estimate of drug-likeness (QED) is 0.611. The first-order chi connectivity index (χ1) is 6.77. The average Bonchev–Trinajstić information content (AvgIpc) is 2.51. The van der Waals surface area contributed by atoms with Crippen molar-refractivity contribution in [1.29, 1.82) is 0 Å². The molecule has 0 aromatic heterocycles. The number of carbonyl (C=O) groups is 2. The van der Waals surface area contributed by atoms with Crippen molar-refractivity contribution in [2.45, 2.75) is 19.3 Å². The highest BCUT2D eigenvalue weighted by Crippen LogP contribution is 2.20. The summed E-state index contributed by atoms with van der Waals surface area (Å²) in [5.41, 5.74) is 0. The average molecular weight is 190 g/mol. The second-order valence-electron chi connectivity index (χ2n) is 3.67. The zero-order chi connectivity index (χ0) is 9.97. The topological polar surface area (TPSA) is 37.4 Å². The van der Waals surface area contributed by atoms with Gasteiger partial charge in [-0.05, 0) is 31.3 Å². The van der Waals surface area contributed by atoms with E-state index in [2.05, 4.69) is 6.08 Å². The van der Waals surface area contributed by atoms with Gasteiger partial charge in [-0.3, -0.25) is 14.5 Å². The monoisotopic (exact) mass is 190 g/mol. The number of imide groups is 1. The van der Waals surface area contributed by atoms with E-state index in [0.717, 1.165) is 19.3 Å². The molecule has 1 atom stereocenters. The van der Waals surface area contributed by atoms with Crippen molar-refractivity contribution in [3.63, 3.8) is 0 Å². The van der Waals surface area contributed by atoms with Gasteiger partial charge in [-0.2, -0.15) is 0 Å². The first-order valence-electron chi connectivity index (χ1n) is 4.86. The van der Waals surface area contributed by atoms with E-state index in [9.17, 15) is 9.59 Å². The highest BCUT2D eigenvalue weighted by Gasteiger charge is 2.26. The summed E-state index contributed by atoms with van der Waals surface area (Å²) in [4.78, 5) is 23.8. The number of hydrogen-bond acceptors (Lipinski definition) is 2. The Balaban J connectivity index is 1.94. The van der Waals surface area contributed by atoms with Crippen molar-refractivity contribution in [2.75, 3.05) is 6.54 Å². The Kier molecular flexibility index (Phi) is 2.48. The molecule has 3 heteroatoms. The van der Waals surface area contributed by atoms with E-state index in [1.807, 2.05) is 6.08 Å². The predicted octanol–water partition coefficient (Wildman–Crippen LogP) is 1.07. The molecule has 0 bridgehead atoms. The van der Waals surface area contributed by atoms with Gasteiger partial charge in [-0.25, -0.2) is 0 Å². The Morgan fingerprint density at radius 1 is 1.36 bits per heavy atom. The fourth-order valence-electron chi connectivity index (χ4n) is 1.79. The van der Waals surface area contributed by atoms with Gasteiger partial charge in [0.15, 0.2) is 0 Å². The van der Waals surface area contributed by atoms with Crippen molar-refractivity contribution in [3.05, 3.63) is 24.3 Å². The highest BCUT2D eigenvalue weighted by molar-refractivity contribution is 6.12. The number of carbonyl (C=O) groups excluding carboxylic acids is 2. The summed E-state index contributed by atoms with van der Waals surface area (Å²) >= 11 is 0. The maximum atomic E-state index is 11.3. The van der Waals surface area contributed by atoms with Crippen LogP contribution in [-0.4, -0.2) is 23.3 Å². The summed E-state index contributed by atoms with van der Waals surface area (Å²) in [7, 11) is 0. The molecular formula is C11H12NO2. The zero-order valence-corrected chi connectivity index (χ0v) is 7.90. The Bertz CT molecular complexity index is 299. The third kappa shape index (κ3) is 1.76. The molecule has 1 heterocycles. The molecule has 1 aliphatic heterocycles. The van der Waals surface area contributed by atoms with Crippen LogP contribution in [0, 0.1) is 12.0 Å². The maximum Gasteiger partial charge on any atom is 0.253 e. The van der Waals surface area contributed by atoms with Gasteiger partial charge in [0.05, 0.1) is 0 Å². The molecule has 1 radical (unpaired) electrons. The number of rotatable bonds is 2. The Morgan fingerprint density at radius 2 is 2.07 bits per heavy atom. The molecule has 0 N–H and O–H groups in total. The molecule has 2 rings (SSSR count). The van der Waals surface area contributed by atoms with Crippen LogP contribution in [0.25, 0.3) is 0 Å². The van der Waals surface area contributed by atoms with Gasteiger partial charge in [0.1, 0.15) is 0 Å². The maximum absolute atomic E-state index is 11.3. The van der Waals surface area contributed by atoms with Crippen LogP contribution in [0.2, 0.25) is 0 Å². The fourth-order valence-corrected chi connectivity index (χ4v) is 1.79. The van der Waals surface area contributed by atoms with Crippen LogP contribution in [0.3, 0.4) is 0 Å². The van der Waals surface area contributed by atoms with Gasteiger partial charge in [0, 0.05) is 18.7 Å². The molecule has 2 aliphatic rings. The van der Waals surface area contributed by atoms with Gasteiger partial charge >= 0.3 is 0 Å². The smallest absolute Gasteiger partial charge is 0.253 e. The lowest BCUT2D eigenvalue weighted by atomic mass is 9.94. The normalized spacial score (nSPS) is 26.3. The first-order valence-corrected chi connectivity index (χ1v) is 4.86. The molecule has 0 saturated heterocycles. The van der Waals surface area contributed by atoms with Gasteiger partial charge in [0.2, 0.25) is 0 Å². The third-order valence-electron chi connectivity index (χ3n) is 2.63. The lowest BCUT2D eigenvalue weighted by Gasteiger charge is -2.22. The molecule has 2 amide bonds. The first kappa shape index (κ1) is 9.19. The van der Waals surface area contributed by atoms with Crippen LogP contribution in [0.1, 0.15) is 19.3 Å². The van der Waals surface area contributed by atoms with Crippen molar-refractivity contribution in [1.82, 2.24) is 4.90 Å². The second kappa shape index (κ2) is 3.78. The highest BCUT2D eigenvalue weighted by atomic mass is 16.2. The Labute approximate surface area is 83.1 Å². The van der Waals surface area contributed by atoms with Crippen molar-refractivity contribution >= 4 is 11.8 Å². The van der Waals surface area contributed by atoms with Gasteiger partial charge < -0.3 is 0 Å². The van der Waals surface area contributed by atoms with Crippen molar-refractivity contribution < 1.29 is 9.59 Å². The van der Waals surface area contributed by atoms with Crippen molar-refractivity contribution in [3.8, 4) is 0 Å². The molecule has 0 aromatic carbocycles. The van der Waals surface area contributed by atoms with Crippen LogP contribution >= 0.6 is 0 Å². The standard InChI is InChI=1S/C11H12NO2/c13-10-6-7-11(14)12(10)8-9-4-2-1-3-5-9/h2,6-7,9H,3-5,8H2. The molecule has 73 valence electrons. The van der Waals surface area contributed by atoms with Crippen LogP contribution in [-0.2, 0) is 9.59 Å². The minimum Gasteiger partial charge on any atom is -0.275 e. The number of nitrogens with zero attached hydrogens (tertiary/aromatic N) is 1. The van der Waals surface area contributed by atoms with E-state index < -0.39 is 0 Å². The minimum absolute atomic E-state index is 0.173. The molecule has 0 fully saturated rings. The molecule has 0 saturated carbocycles. The predicted molar refractivity (Wildman–Crippen MR) is 51.0 cm³/mol. The SMILES string of the molecule is O=C1C=CC(=O)N1CC1CC=[C]CC1. The molecule has 0 aromatic rings. The van der Waals surface area contributed by atoms with Crippen LogP contribution in [0.4, 0.5) is 0 Å². The molecule has 1 unspecified atom stereocenters. The van der Waals surface area contributed by atoms with Gasteiger partial charge in [0.25, 0.3) is 11.8 Å². The summed E-state index contributed by atoms with van der Waals surface area (Å²) in [6.07, 6.45) is 10.7. The summed E-state index contributed by atoms with van der Waals surface area (Å²) in [6.45, 7) is 0.558. The molecular weight excluding hydrogens is 178 g/mol. The summed E-state index contributed by atoms with van der Waals surface area (Å²) in [6, 6.07) is 0. The van der Waals surface area contributed by atoms with Gasteiger partial charge in [-0.15, -0.1) is 0 Å². The van der Waals surface area contributed by atoms with E-state index in [1.165, 1.54) is 17.1 Å². The second-order valence-corrected chi connectivity index (χ2v) is 3.67. The third-order valence-corrected chi connectivity index (χ3v) is 2.63. The molecule has 3 nitrogen and oxygen atoms in total. The van der Waals surface area contributed by atoms with Crippen LogP contribution in [0.5, 0.6) is 0 Å². The summed E-state index contributed by atoms with van der Waals surface area (Å²) in [5.74, 6) is 0.0751.